The number of aliphatic imine (C=N–C) groups is 1. The summed E-state index contributed by atoms with van der Waals surface area (Å²) in [5.74, 6) is 0.877. The van der Waals surface area contributed by atoms with E-state index in [1.165, 1.54) is 32.1 Å². The maximum atomic E-state index is 7.10. The third kappa shape index (κ3) is 3.77. The molecule has 3 aliphatic rings. The van der Waals surface area contributed by atoms with Crippen LogP contribution in [0.4, 0.5) is 5.69 Å². The Labute approximate surface area is 170 Å². The Hall–Kier alpha value is -1.09. The zero-order valence-electron chi connectivity index (χ0n) is 16.0. The van der Waals surface area contributed by atoms with Gasteiger partial charge in [-0.25, -0.2) is 19.9 Å². The van der Waals surface area contributed by atoms with Gasteiger partial charge in [0.1, 0.15) is 22.7 Å². The second-order valence-corrected chi connectivity index (χ2v) is 8.72. The summed E-state index contributed by atoms with van der Waals surface area (Å²) in [6.07, 6.45) is 9.93. The van der Waals surface area contributed by atoms with Gasteiger partial charge < -0.3 is 15.5 Å². The first-order valence-corrected chi connectivity index (χ1v) is 11.4. The second-order valence-electron chi connectivity index (χ2n) is 7.39. The first kappa shape index (κ1) is 19.2. The van der Waals surface area contributed by atoms with Crippen molar-refractivity contribution in [1.82, 2.24) is 25.1 Å². The Balaban J connectivity index is 1.75. The number of rotatable bonds is 3. The molecule has 1 saturated carbocycles. The minimum absolute atomic E-state index is 0.486. The van der Waals surface area contributed by atoms with E-state index < -0.39 is 5.25 Å². The second kappa shape index (κ2) is 8.11. The number of hydrogen-bond acceptors (Lipinski definition) is 8. The van der Waals surface area contributed by atoms with Crippen LogP contribution in [0.3, 0.4) is 0 Å². The zero-order chi connectivity index (χ0) is 18.9. The van der Waals surface area contributed by atoms with E-state index in [1.54, 1.807) is 18.1 Å². The molecule has 9 heteroatoms. The van der Waals surface area contributed by atoms with Crippen LogP contribution in [0.25, 0.3) is 0 Å². The number of anilines is 1. The van der Waals surface area contributed by atoms with Crippen LogP contribution in [-0.2, 0) is 0 Å². The van der Waals surface area contributed by atoms with Crippen molar-refractivity contribution in [3.63, 3.8) is 0 Å². The molecule has 1 unspecified atom stereocenters. The standard InChI is InChI=1S/C18H28ClN7S/c1-25(13-6-4-3-5-7-13)16-14-15(17(27-2)22-12-21-14)23-18(19,24-16)26-10-8-20-9-11-26/h12-13,20,23H,3-11H2,1-2H3. The van der Waals surface area contributed by atoms with Crippen LogP contribution in [0.2, 0.25) is 0 Å². The van der Waals surface area contributed by atoms with Gasteiger partial charge in [-0.15, -0.1) is 11.8 Å². The maximum Gasteiger partial charge on any atom is 0.269 e. The highest BCUT2D eigenvalue weighted by atomic mass is 35.5. The van der Waals surface area contributed by atoms with Gasteiger partial charge in [0.25, 0.3) is 5.25 Å². The van der Waals surface area contributed by atoms with Crippen molar-refractivity contribution >= 4 is 34.9 Å². The van der Waals surface area contributed by atoms with Crippen LogP contribution in [0.15, 0.2) is 16.3 Å². The van der Waals surface area contributed by atoms with E-state index in [0.717, 1.165) is 48.4 Å². The van der Waals surface area contributed by atoms with Crippen molar-refractivity contribution in [2.75, 3.05) is 44.8 Å². The van der Waals surface area contributed by atoms with E-state index in [9.17, 15) is 0 Å². The number of halogens is 1. The maximum absolute atomic E-state index is 7.10. The Bertz CT molecular complexity index is 703. The molecule has 1 aromatic rings. The van der Waals surface area contributed by atoms with Gasteiger partial charge in [0.15, 0.2) is 5.84 Å². The lowest BCUT2D eigenvalue weighted by atomic mass is 9.94. The van der Waals surface area contributed by atoms with Gasteiger partial charge in [-0.05, 0) is 19.1 Å². The van der Waals surface area contributed by atoms with Crippen LogP contribution in [0, 0.1) is 0 Å². The predicted molar refractivity (Wildman–Crippen MR) is 112 cm³/mol. The van der Waals surface area contributed by atoms with E-state index in [4.69, 9.17) is 16.6 Å². The van der Waals surface area contributed by atoms with E-state index in [2.05, 4.69) is 37.4 Å². The number of thioether (sulfide) groups is 1. The number of nitrogens with zero attached hydrogens (tertiary/aromatic N) is 5. The normalized spacial score (nSPS) is 26.9. The summed E-state index contributed by atoms with van der Waals surface area (Å²) in [5.41, 5.74) is 1.75. The molecule has 2 N–H and O–H groups in total. The van der Waals surface area contributed by atoms with Gasteiger partial charge in [0.2, 0.25) is 0 Å². The molecule has 2 fully saturated rings. The van der Waals surface area contributed by atoms with Crippen molar-refractivity contribution in [3.8, 4) is 0 Å². The topological polar surface area (TPSA) is 68.7 Å². The summed E-state index contributed by atoms with van der Waals surface area (Å²) in [6, 6.07) is 0.486. The third-order valence-electron chi connectivity index (χ3n) is 5.75. The van der Waals surface area contributed by atoms with Crippen molar-refractivity contribution in [2.45, 2.75) is 48.4 Å². The Kier molecular flexibility index (Phi) is 5.78. The predicted octanol–water partition coefficient (Wildman–Crippen LogP) is 2.39. The Morgan fingerprint density at radius 3 is 2.67 bits per heavy atom. The fourth-order valence-corrected chi connectivity index (χ4v) is 5.03. The lowest BCUT2D eigenvalue weighted by molar-refractivity contribution is 0.162. The number of alkyl halides is 1. The largest absolute Gasteiger partial charge is 0.355 e. The lowest BCUT2D eigenvalue weighted by Gasteiger charge is -2.44. The molecule has 148 valence electrons. The molecule has 27 heavy (non-hydrogen) atoms. The number of amidine groups is 1. The molecule has 0 aromatic carbocycles. The average molecular weight is 410 g/mol. The summed E-state index contributed by atoms with van der Waals surface area (Å²) in [6.45, 7) is 3.51. The number of nitrogens with one attached hydrogen (secondary N) is 2. The van der Waals surface area contributed by atoms with Crippen molar-refractivity contribution in [1.29, 1.82) is 0 Å². The van der Waals surface area contributed by atoms with Gasteiger partial charge >= 0.3 is 0 Å². The quantitative estimate of drug-likeness (QED) is 0.344. The number of aromatic nitrogens is 2. The highest BCUT2D eigenvalue weighted by molar-refractivity contribution is 7.98. The third-order valence-corrected chi connectivity index (χ3v) is 6.86. The van der Waals surface area contributed by atoms with Gasteiger partial charge in [-0.2, -0.15) is 0 Å². The van der Waals surface area contributed by atoms with E-state index in [0.29, 0.717) is 6.04 Å². The lowest BCUT2D eigenvalue weighted by Crippen LogP contribution is -2.59. The van der Waals surface area contributed by atoms with Crippen LogP contribution in [-0.4, -0.2) is 76.4 Å². The smallest absolute Gasteiger partial charge is 0.269 e. The van der Waals surface area contributed by atoms with Gasteiger partial charge in [-0.3, -0.25) is 0 Å². The van der Waals surface area contributed by atoms with Gasteiger partial charge in [-0.1, -0.05) is 30.9 Å². The van der Waals surface area contributed by atoms with Crippen LogP contribution < -0.4 is 10.6 Å². The molecular formula is C18H28ClN7S. The molecule has 1 aliphatic carbocycles. The van der Waals surface area contributed by atoms with Crippen LogP contribution >= 0.6 is 23.4 Å². The Morgan fingerprint density at radius 2 is 1.96 bits per heavy atom. The van der Waals surface area contributed by atoms with Crippen molar-refractivity contribution in [2.24, 2.45) is 4.99 Å². The minimum Gasteiger partial charge on any atom is -0.355 e. The molecule has 3 heterocycles. The molecule has 1 atom stereocenters. The summed E-state index contributed by atoms with van der Waals surface area (Å²) in [4.78, 5) is 18.6. The van der Waals surface area contributed by atoms with Gasteiger partial charge in [0.05, 0.1) is 0 Å². The van der Waals surface area contributed by atoms with E-state index in [-0.39, 0.29) is 0 Å². The fraction of sp³-hybridized carbons (Fsp3) is 0.722. The zero-order valence-corrected chi connectivity index (χ0v) is 17.6. The highest BCUT2D eigenvalue weighted by Crippen LogP contribution is 2.38. The minimum atomic E-state index is -0.997. The molecule has 1 saturated heterocycles. The first-order valence-electron chi connectivity index (χ1n) is 9.77. The van der Waals surface area contributed by atoms with E-state index in [1.807, 2.05) is 6.26 Å². The summed E-state index contributed by atoms with van der Waals surface area (Å²) in [5, 5.41) is 6.75. The number of fused-ring (bicyclic) bond motifs is 1. The van der Waals surface area contributed by atoms with Crippen molar-refractivity contribution in [3.05, 3.63) is 12.0 Å². The molecule has 4 rings (SSSR count). The SMILES string of the molecule is CSc1ncnc2c1NC(Cl)(N1CCNCC1)N=C2N(C)C1CCCCC1. The molecule has 0 amide bonds. The molecule has 0 spiro atoms. The molecule has 0 radical (unpaired) electrons. The average Bonchev–Trinajstić information content (AvgIpc) is 2.73. The molecular weight excluding hydrogens is 382 g/mol. The summed E-state index contributed by atoms with van der Waals surface area (Å²) < 4.78 is 0. The van der Waals surface area contributed by atoms with Gasteiger partial charge in [0, 0.05) is 39.3 Å². The number of hydrogen-bond donors (Lipinski definition) is 2. The monoisotopic (exact) mass is 409 g/mol. The molecule has 1 aromatic heterocycles. The fourth-order valence-electron chi connectivity index (χ4n) is 4.18. The summed E-state index contributed by atoms with van der Waals surface area (Å²) in [7, 11) is 2.14. The van der Waals surface area contributed by atoms with Crippen LogP contribution in [0.5, 0.6) is 0 Å². The highest BCUT2D eigenvalue weighted by Gasteiger charge is 2.42. The molecule has 2 aliphatic heterocycles. The first-order chi connectivity index (χ1) is 13.1. The number of piperazine rings is 1. The van der Waals surface area contributed by atoms with E-state index >= 15 is 0 Å². The van der Waals surface area contributed by atoms with Crippen molar-refractivity contribution < 1.29 is 0 Å². The molecule has 0 bridgehead atoms. The Morgan fingerprint density at radius 1 is 1.22 bits per heavy atom. The molecule has 7 nitrogen and oxygen atoms in total. The van der Waals surface area contributed by atoms with Crippen LogP contribution in [0.1, 0.15) is 37.8 Å². The summed E-state index contributed by atoms with van der Waals surface area (Å²) >= 11 is 8.70.